The summed E-state index contributed by atoms with van der Waals surface area (Å²) in [7, 11) is 0. The number of aliphatic hydroxyl groups is 1. The van der Waals surface area contributed by atoms with Crippen molar-refractivity contribution >= 4 is 27.9 Å². The van der Waals surface area contributed by atoms with Gasteiger partial charge in [-0.2, -0.15) is 0 Å². The Bertz CT molecular complexity index is 985. The summed E-state index contributed by atoms with van der Waals surface area (Å²) in [6, 6.07) is 12.9. The topological polar surface area (TPSA) is 54.3 Å². The van der Waals surface area contributed by atoms with Crippen LogP contribution in [-0.4, -0.2) is 26.4 Å². The van der Waals surface area contributed by atoms with E-state index in [4.69, 9.17) is 0 Å². The van der Waals surface area contributed by atoms with Crippen molar-refractivity contribution in [1.29, 1.82) is 0 Å². The first-order valence-electron chi connectivity index (χ1n) is 8.48. The van der Waals surface area contributed by atoms with Gasteiger partial charge < -0.3 is 15.0 Å². The number of aliphatic hydroxyl groups excluding tert-OH is 1. The van der Waals surface area contributed by atoms with Gasteiger partial charge in [-0.1, -0.05) is 30.0 Å². The number of nitrogens with zero attached hydrogens (tertiary/aromatic N) is 1. The maximum absolute atomic E-state index is 13.6. The first-order chi connectivity index (χ1) is 12.5. The smallest absolute Gasteiger partial charge is 0.281 e. The molecule has 4 rings (SSSR count). The van der Waals surface area contributed by atoms with Gasteiger partial charge in [-0.05, 0) is 54.3 Å². The van der Waals surface area contributed by atoms with Crippen LogP contribution in [0.25, 0.3) is 10.9 Å². The van der Waals surface area contributed by atoms with Crippen molar-refractivity contribution in [2.75, 3.05) is 0 Å². The molecule has 2 atom stereocenters. The minimum Gasteiger partial charge on any atom is -0.372 e. The predicted octanol–water partition coefficient (Wildman–Crippen LogP) is 3.82. The van der Waals surface area contributed by atoms with E-state index >= 15 is 0 Å². The number of hydrogen-bond acceptors (Lipinski definition) is 3. The minimum atomic E-state index is -0.820. The normalized spacial score (nSPS) is 19.9. The lowest BCUT2D eigenvalue weighted by Gasteiger charge is -2.13. The third kappa shape index (κ3) is 3.22. The van der Waals surface area contributed by atoms with Crippen LogP contribution in [0.4, 0.5) is 9.18 Å². The lowest BCUT2D eigenvalue weighted by Crippen LogP contribution is -2.31. The number of aromatic nitrogens is 1. The summed E-state index contributed by atoms with van der Waals surface area (Å²) in [6.45, 7) is 2.58. The molecule has 3 aromatic rings. The molecule has 6 heteroatoms. The first kappa shape index (κ1) is 17.1. The van der Waals surface area contributed by atoms with Gasteiger partial charge in [-0.25, -0.2) is 4.39 Å². The molecule has 1 aliphatic heterocycles. The molecular weight excluding hydrogens is 351 g/mol. The van der Waals surface area contributed by atoms with E-state index in [9.17, 15) is 14.3 Å². The fraction of sp³-hybridized carbons (Fsp3) is 0.250. The Morgan fingerprint density at radius 2 is 2.08 bits per heavy atom. The van der Waals surface area contributed by atoms with E-state index in [1.807, 2.05) is 37.4 Å². The molecule has 1 fully saturated rings. The summed E-state index contributed by atoms with van der Waals surface area (Å²) in [5.41, 5.74) is 4.15. The molecule has 4 nitrogen and oxygen atoms in total. The number of carbonyl (C=O) groups excluding carboxylic acids is 1. The average molecular weight is 370 g/mol. The number of benzene rings is 2. The molecule has 26 heavy (non-hydrogen) atoms. The highest BCUT2D eigenvalue weighted by atomic mass is 32.2. The fourth-order valence-corrected chi connectivity index (χ4v) is 4.34. The van der Waals surface area contributed by atoms with E-state index in [2.05, 4.69) is 9.88 Å². The molecular formula is C20H19FN2O2S. The maximum Gasteiger partial charge on any atom is 0.281 e. The van der Waals surface area contributed by atoms with Crippen LogP contribution in [-0.2, 0) is 13.0 Å². The van der Waals surface area contributed by atoms with E-state index < -0.39 is 6.23 Å². The van der Waals surface area contributed by atoms with Gasteiger partial charge in [0.2, 0.25) is 0 Å². The number of hydrogen-bond donors (Lipinski definition) is 2. The Labute approximate surface area is 155 Å². The number of thioether (sulfide) groups is 1. The van der Waals surface area contributed by atoms with E-state index in [0.29, 0.717) is 13.0 Å². The van der Waals surface area contributed by atoms with E-state index in [0.717, 1.165) is 39.4 Å². The first-order valence-corrected chi connectivity index (χ1v) is 9.36. The van der Waals surface area contributed by atoms with Gasteiger partial charge in [0.15, 0.2) is 0 Å². The van der Waals surface area contributed by atoms with Crippen LogP contribution in [0, 0.1) is 12.7 Å². The Hall–Kier alpha value is -2.31. The molecule has 0 bridgehead atoms. The molecule has 1 aromatic heterocycles. The van der Waals surface area contributed by atoms with Gasteiger partial charge in [0, 0.05) is 23.6 Å². The zero-order valence-electron chi connectivity index (χ0n) is 14.3. The summed E-state index contributed by atoms with van der Waals surface area (Å²) in [6.07, 6.45) is 1.78. The molecule has 134 valence electrons. The van der Waals surface area contributed by atoms with Crippen molar-refractivity contribution in [3.05, 3.63) is 71.2 Å². The second-order valence-corrected chi connectivity index (χ2v) is 7.81. The molecule has 2 N–H and O–H groups in total. The molecule has 0 radical (unpaired) electrons. The molecule has 0 aliphatic carbocycles. The van der Waals surface area contributed by atoms with Gasteiger partial charge in [-0.3, -0.25) is 4.79 Å². The van der Waals surface area contributed by atoms with Crippen molar-refractivity contribution in [1.82, 2.24) is 9.88 Å². The standard InChI is InChI=1S/C20H19FN2O2S/c1-12-5-6-15(21)9-14(12)11-23-8-7-16-13(3-2-4-17(16)23)10-18-19(24)22-20(25)26-18/h2-9,18-19,24H,10-11H2,1H3,(H,22,25). The summed E-state index contributed by atoms with van der Waals surface area (Å²) >= 11 is 1.14. The summed E-state index contributed by atoms with van der Waals surface area (Å²) in [5, 5.41) is 13.2. The van der Waals surface area contributed by atoms with Gasteiger partial charge >= 0.3 is 0 Å². The van der Waals surface area contributed by atoms with E-state index in [1.165, 1.54) is 6.07 Å². The Kier molecular flexibility index (Phi) is 4.46. The molecule has 0 spiro atoms. The fourth-order valence-electron chi connectivity index (χ4n) is 3.42. The van der Waals surface area contributed by atoms with Crippen molar-refractivity contribution in [3.8, 4) is 0 Å². The van der Waals surface area contributed by atoms with Crippen LogP contribution in [0.3, 0.4) is 0 Å². The highest BCUT2D eigenvalue weighted by molar-refractivity contribution is 8.14. The number of halogens is 1. The molecule has 2 unspecified atom stereocenters. The second-order valence-electron chi connectivity index (χ2n) is 6.60. The number of carbonyl (C=O) groups is 1. The van der Waals surface area contributed by atoms with Crippen molar-refractivity contribution in [2.24, 2.45) is 0 Å². The van der Waals surface area contributed by atoms with Crippen LogP contribution in [0.5, 0.6) is 0 Å². The minimum absolute atomic E-state index is 0.186. The predicted molar refractivity (Wildman–Crippen MR) is 102 cm³/mol. The molecule has 1 aliphatic rings. The third-order valence-electron chi connectivity index (χ3n) is 4.85. The zero-order chi connectivity index (χ0) is 18.3. The summed E-state index contributed by atoms with van der Waals surface area (Å²) in [4.78, 5) is 11.4. The molecule has 2 aromatic carbocycles. The Balaban J connectivity index is 1.65. The monoisotopic (exact) mass is 370 g/mol. The van der Waals surface area contributed by atoms with E-state index in [1.54, 1.807) is 12.1 Å². The van der Waals surface area contributed by atoms with Crippen molar-refractivity contribution in [2.45, 2.75) is 31.4 Å². The highest BCUT2D eigenvalue weighted by Gasteiger charge is 2.32. The van der Waals surface area contributed by atoms with Crippen LogP contribution in [0.2, 0.25) is 0 Å². The van der Waals surface area contributed by atoms with Gasteiger partial charge in [0.05, 0.1) is 5.25 Å². The van der Waals surface area contributed by atoms with Gasteiger partial charge in [0.1, 0.15) is 12.0 Å². The third-order valence-corrected chi connectivity index (χ3v) is 5.91. The Morgan fingerprint density at radius 1 is 1.23 bits per heavy atom. The Morgan fingerprint density at radius 3 is 2.85 bits per heavy atom. The van der Waals surface area contributed by atoms with Crippen molar-refractivity contribution in [3.63, 3.8) is 0 Å². The number of amides is 1. The van der Waals surface area contributed by atoms with Gasteiger partial charge in [0.25, 0.3) is 5.24 Å². The summed E-state index contributed by atoms with van der Waals surface area (Å²) < 4.78 is 15.7. The number of fused-ring (bicyclic) bond motifs is 1. The lowest BCUT2D eigenvalue weighted by atomic mass is 10.0. The van der Waals surface area contributed by atoms with Crippen LogP contribution >= 0.6 is 11.8 Å². The zero-order valence-corrected chi connectivity index (χ0v) is 15.1. The van der Waals surface area contributed by atoms with Crippen LogP contribution in [0.15, 0.2) is 48.7 Å². The summed E-state index contributed by atoms with van der Waals surface area (Å²) in [5.74, 6) is -0.229. The average Bonchev–Trinajstić information content (AvgIpc) is 3.15. The number of nitrogens with one attached hydrogen (secondary N) is 1. The largest absolute Gasteiger partial charge is 0.372 e. The number of rotatable bonds is 4. The van der Waals surface area contributed by atoms with Crippen molar-refractivity contribution < 1.29 is 14.3 Å². The highest BCUT2D eigenvalue weighted by Crippen LogP contribution is 2.29. The maximum atomic E-state index is 13.6. The van der Waals surface area contributed by atoms with Crippen LogP contribution < -0.4 is 5.32 Å². The quantitative estimate of drug-likeness (QED) is 0.734. The SMILES string of the molecule is Cc1ccc(F)cc1Cn1ccc2c(CC3SC(=O)NC3O)cccc21. The van der Waals surface area contributed by atoms with E-state index in [-0.39, 0.29) is 16.3 Å². The molecule has 1 saturated heterocycles. The number of aryl methyl sites for hydroxylation is 1. The van der Waals surface area contributed by atoms with Crippen LogP contribution in [0.1, 0.15) is 16.7 Å². The second kappa shape index (κ2) is 6.78. The molecule has 0 saturated carbocycles. The molecule has 1 amide bonds. The molecule has 2 heterocycles. The lowest BCUT2D eigenvalue weighted by molar-refractivity contribution is 0.152. The van der Waals surface area contributed by atoms with Gasteiger partial charge in [-0.15, -0.1) is 0 Å².